The van der Waals surface area contributed by atoms with E-state index < -0.39 is 0 Å². The van der Waals surface area contributed by atoms with Crippen molar-refractivity contribution in [2.45, 2.75) is 95.5 Å². The van der Waals surface area contributed by atoms with Crippen LogP contribution >= 0.6 is 0 Å². The third-order valence-corrected chi connectivity index (χ3v) is 8.83. The van der Waals surface area contributed by atoms with Gasteiger partial charge >= 0.3 is 0 Å². The number of hydrogen-bond acceptors (Lipinski definition) is 4. The lowest BCUT2D eigenvalue weighted by Crippen LogP contribution is -2.52. The molecule has 34 heavy (non-hydrogen) atoms. The van der Waals surface area contributed by atoms with E-state index in [0.717, 1.165) is 58.1 Å². The average molecular weight is 468 g/mol. The van der Waals surface area contributed by atoms with E-state index in [4.69, 9.17) is 14.2 Å². The van der Waals surface area contributed by atoms with Crippen LogP contribution in [0.5, 0.6) is 0 Å². The van der Waals surface area contributed by atoms with Gasteiger partial charge in [-0.2, -0.15) is 0 Å². The fourth-order valence-electron chi connectivity index (χ4n) is 7.04. The van der Waals surface area contributed by atoms with Gasteiger partial charge in [-0.25, -0.2) is 0 Å². The van der Waals surface area contributed by atoms with Gasteiger partial charge < -0.3 is 19.1 Å². The normalized spacial score (nSPS) is 36.0. The van der Waals surface area contributed by atoms with E-state index in [1.807, 2.05) is 7.11 Å². The molecule has 0 bridgehead atoms. The maximum absolute atomic E-state index is 6.84. The molecule has 4 nitrogen and oxygen atoms in total. The lowest BCUT2D eigenvalue weighted by atomic mass is 9.62. The Labute approximate surface area is 207 Å². The molecule has 0 aromatic heterocycles. The molecule has 0 radical (unpaired) electrons. The Morgan fingerprint density at radius 2 is 1.88 bits per heavy atom. The van der Waals surface area contributed by atoms with Gasteiger partial charge in [-0.1, -0.05) is 36.0 Å². The van der Waals surface area contributed by atoms with Crippen LogP contribution in [0.25, 0.3) is 0 Å². The highest BCUT2D eigenvalue weighted by atomic mass is 16.5. The van der Waals surface area contributed by atoms with Crippen LogP contribution in [0.3, 0.4) is 0 Å². The zero-order valence-corrected chi connectivity index (χ0v) is 21.6. The van der Waals surface area contributed by atoms with Crippen molar-refractivity contribution in [2.75, 3.05) is 33.4 Å². The molecule has 2 heterocycles. The van der Waals surface area contributed by atoms with Gasteiger partial charge in [-0.05, 0) is 89.4 Å². The summed E-state index contributed by atoms with van der Waals surface area (Å²) in [6, 6.07) is 0. The standard InChI is InChI=1S/C30H45NO3/c1-30(2)29(23-9-5-4-6-10-23)28(26-16-15-25(32-3)21-27(26)34-30)22-11-13-24(14-12-22)33-20-19-31-17-7-8-18-31/h5,9-11,16,24-25,27-29H,4,6-8,12-15,17-21H2,1-3H3/t24?,25?,27?,28-,29+/m1/s1. The van der Waals surface area contributed by atoms with E-state index in [-0.39, 0.29) is 17.8 Å². The van der Waals surface area contributed by atoms with E-state index >= 15 is 0 Å². The van der Waals surface area contributed by atoms with Crippen molar-refractivity contribution in [3.8, 4) is 0 Å². The number of likely N-dealkylation sites (tertiary alicyclic amines) is 1. The van der Waals surface area contributed by atoms with Gasteiger partial charge in [0.2, 0.25) is 0 Å². The Bertz CT molecular complexity index is 832. The quantitative estimate of drug-likeness (QED) is 0.430. The second kappa shape index (κ2) is 10.8. The van der Waals surface area contributed by atoms with Crippen LogP contribution in [0.1, 0.15) is 71.6 Å². The van der Waals surface area contributed by atoms with Gasteiger partial charge in [-0.15, -0.1) is 0 Å². The third-order valence-electron chi connectivity index (χ3n) is 8.83. The molecule has 2 fully saturated rings. The summed E-state index contributed by atoms with van der Waals surface area (Å²) in [5, 5.41) is 0. The zero-order valence-electron chi connectivity index (χ0n) is 21.6. The molecule has 4 heteroatoms. The number of allylic oxidation sites excluding steroid dienone is 4. The molecular formula is C30H45NO3. The first-order valence-corrected chi connectivity index (χ1v) is 13.8. The smallest absolute Gasteiger partial charge is 0.0823 e. The molecule has 2 aliphatic heterocycles. The summed E-state index contributed by atoms with van der Waals surface area (Å²) in [4.78, 5) is 2.55. The number of methoxy groups -OCH3 is 1. The summed E-state index contributed by atoms with van der Waals surface area (Å²) in [6.45, 7) is 9.11. The minimum absolute atomic E-state index is 0.165. The number of fused-ring (bicyclic) bond motifs is 1. The minimum atomic E-state index is -0.209. The summed E-state index contributed by atoms with van der Waals surface area (Å²) in [5.41, 5.74) is 4.39. The fraction of sp³-hybridized carbons (Fsp3) is 0.733. The van der Waals surface area contributed by atoms with E-state index in [2.05, 4.69) is 49.1 Å². The minimum Gasteiger partial charge on any atom is -0.381 e. The van der Waals surface area contributed by atoms with Crippen molar-refractivity contribution in [3.63, 3.8) is 0 Å². The van der Waals surface area contributed by atoms with Crippen molar-refractivity contribution in [3.05, 3.63) is 47.1 Å². The monoisotopic (exact) mass is 467 g/mol. The van der Waals surface area contributed by atoms with Crippen molar-refractivity contribution in [1.82, 2.24) is 4.90 Å². The van der Waals surface area contributed by atoms with Crippen molar-refractivity contribution >= 4 is 0 Å². The number of hydrogen-bond donors (Lipinski definition) is 0. The zero-order chi connectivity index (χ0) is 23.5. The first kappa shape index (κ1) is 24.5. The largest absolute Gasteiger partial charge is 0.381 e. The highest BCUT2D eigenvalue weighted by Gasteiger charge is 2.50. The van der Waals surface area contributed by atoms with Crippen molar-refractivity contribution in [1.29, 1.82) is 0 Å². The van der Waals surface area contributed by atoms with E-state index in [1.165, 1.54) is 37.1 Å². The highest BCUT2D eigenvalue weighted by molar-refractivity contribution is 5.40. The van der Waals surface area contributed by atoms with E-state index in [0.29, 0.717) is 17.9 Å². The molecule has 0 aromatic rings. The Hall–Kier alpha value is -1.20. The van der Waals surface area contributed by atoms with Crippen LogP contribution in [0, 0.1) is 11.8 Å². The second-order valence-corrected chi connectivity index (χ2v) is 11.5. The first-order chi connectivity index (χ1) is 16.5. The second-order valence-electron chi connectivity index (χ2n) is 11.5. The molecule has 5 rings (SSSR count). The van der Waals surface area contributed by atoms with Gasteiger partial charge in [-0.3, -0.25) is 0 Å². The van der Waals surface area contributed by atoms with Gasteiger partial charge in [0.05, 0.1) is 30.5 Å². The molecule has 0 saturated carbocycles. The summed E-state index contributed by atoms with van der Waals surface area (Å²) in [7, 11) is 1.84. The van der Waals surface area contributed by atoms with Gasteiger partial charge in [0.1, 0.15) is 0 Å². The lowest BCUT2D eigenvalue weighted by molar-refractivity contribution is -0.134. The number of nitrogens with zero attached hydrogens (tertiary/aromatic N) is 1. The predicted molar refractivity (Wildman–Crippen MR) is 138 cm³/mol. The van der Waals surface area contributed by atoms with Crippen LogP contribution in [-0.4, -0.2) is 62.2 Å². The molecule has 0 spiro atoms. The maximum Gasteiger partial charge on any atom is 0.0823 e. The summed E-state index contributed by atoms with van der Waals surface area (Å²) < 4.78 is 18.9. The number of rotatable bonds is 7. The lowest BCUT2D eigenvalue weighted by Gasteiger charge is -2.52. The molecule has 0 N–H and O–H groups in total. The van der Waals surface area contributed by atoms with Gasteiger partial charge in [0.25, 0.3) is 0 Å². The SMILES string of the molecule is COC1CC=C2C(C1)OC(C)(C)[C@@H](C1=CCCC=C1)[C@@H]2C1=CCC(OCCN2CCCC2)CC1. The Morgan fingerprint density at radius 1 is 1.06 bits per heavy atom. The summed E-state index contributed by atoms with van der Waals surface area (Å²) in [6.07, 6.45) is 23.3. The van der Waals surface area contributed by atoms with Crippen LogP contribution < -0.4 is 0 Å². The van der Waals surface area contributed by atoms with Crippen LogP contribution in [0.2, 0.25) is 0 Å². The molecule has 5 aliphatic rings. The first-order valence-electron chi connectivity index (χ1n) is 13.8. The summed E-state index contributed by atoms with van der Waals surface area (Å²) in [5.74, 6) is 0.802. The fourth-order valence-corrected chi connectivity index (χ4v) is 7.04. The summed E-state index contributed by atoms with van der Waals surface area (Å²) >= 11 is 0. The Balaban J connectivity index is 1.34. The van der Waals surface area contributed by atoms with Gasteiger partial charge in [0.15, 0.2) is 0 Å². The predicted octanol–water partition coefficient (Wildman–Crippen LogP) is 6.00. The molecule has 188 valence electrons. The molecule has 0 amide bonds. The van der Waals surface area contributed by atoms with E-state index in [1.54, 1.807) is 5.57 Å². The molecule has 3 unspecified atom stereocenters. The number of ether oxygens (including phenoxy) is 3. The van der Waals surface area contributed by atoms with Crippen LogP contribution in [-0.2, 0) is 14.2 Å². The molecule has 0 aromatic carbocycles. The van der Waals surface area contributed by atoms with Crippen LogP contribution in [0.15, 0.2) is 47.1 Å². The van der Waals surface area contributed by atoms with Crippen LogP contribution in [0.4, 0.5) is 0 Å². The van der Waals surface area contributed by atoms with Gasteiger partial charge in [0, 0.05) is 31.9 Å². The molecule has 5 atom stereocenters. The average Bonchev–Trinajstić information content (AvgIpc) is 3.37. The van der Waals surface area contributed by atoms with Crippen molar-refractivity contribution < 1.29 is 14.2 Å². The Morgan fingerprint density at radius 3 is 2.59 bits per heavy atom. The van der Waals surface area contributed by atoms with Crippen molar-refractivity contribution in [2.24, 2.45) is 11.8 Å². The third kappa shape index (κ3) is 5.31. The van der Waals surface area contributed by atoms with E-state index in [9.17, 15) is 0 Å². The molecule has 2 saturated heterocycles. The Kier molecular flexibility index (Phi) is 7.79. The topological polar surface area (TPSA) is 30.9 Å². The molecular weight excluding hydrogens is 422 g/mol. The molecule has 3 aliphatic carbocycles. The highest BCUT2D eigenvalue weighted by Crippen LogP contribution is 2.52. The maximum atomic E-state index is 6.84.